The quantitative estimate of drug-likeness (QED) is 0.650. The number of nitrogens with one attached hydrogen (secondary N) is 3. The first kappa shape index (κ1) is 15.5. The van der Waals surface area contributed by atoms with E-state index in [0.717, 1.165) is 30.6 Å². The Morgan fingerprint density at radius 3 is 2.52 bits per heavy atom. The third kappa shape index (κ3) is 5.20. The van der Waals surface area contributed by atoms with Gasteiger partial charge in [0.25, 0.3) is 0 Å². The highest BCUT2D eigenvalue weighted by Gasteiger charge is 2.12. The van der Waals surface area contributed by atoms with Gasteiger partial charge in [-0.25, -0.2) is 8.42 Å². The Morgan fingerprint density at radius 1 is 1.19 bits per heavy atom. The van der Waals surface area contributed by atoms with Gasteiger partial charge in [0.15, 0.2) is 0 Å². The second kappa shape index (κ2) is 7.24. The first-order chi connectivity index (χ1) is 10.1. The summed E-state index contributed by atoms with van der Waals surface area (Å²) >= 11 is 0. The summed E-state index contributed by atoms with van der Waals surface area (Å²) in [5.41, 5.74) is 2.34. The van der Waals surface area contributed by atoms with E-state index in [-0.39, 0.29) is 5.75 Å². The highest BCUT2D eigenvalue weighted by Crippen LogP contribution is 2.12. The van der Waals surface area contributed by atoms with Crippen molar-refractivity contribution in [3.05, 3.63) is 47.8 Å². The van der Waals surface area contributed by atoms with E-state index in [1.165, 1.54) is 12.4 Å². The van der Waals surface area contributed by atoms with E-state index in [9.17, 15) is 8.42 Å². The molecule has 0 fully saturated rings. The summed E-state index contributed by atoms with van der Waals surface area (Å²) in [6, 6.07) is 7.59. The van der Waals surface area contributed by atoms with E-state index in [2.05, 4.69) is 27.2 Å². The van der Waals surface area contributed by atoms with Crippen molar-refractivity contribution < 1.29 is 8.42 Å². The van der Waals surface area contributed by atoms with E-state index in [1.807, 2.05) is 24.3 Å². The smallest absolute Gasteiger partial charge is 0.237 e. The molecule has 0 unspecified atom stereocenters. The Hall–Kier alpha value is -1.86. The van der Waals surface area contributed by atoms with Crippen LogP contribution in [0.5, 0.6) is 0 Å². The number of benzene rings is 1. The van der Waals surface area contributed by atoms with Gasteiger partial charge in [-0.1, -0.05) is 31.2 Å². The van der Waals surface area contributed by atoms with E-state index < -0.39 is 10.0 Å². The Balaban J connectivity index is 1.93. The fourth-order valence-electron chi connectivity index (χ4n) is 1.90. The lowest BCUT2D eigenvalue weighted by molar-refractivity contribution is 0.600. The monoisotopic (exact) mass is 308 g/mol. The van der Waals surface area contributed by atoms with Gasteiger partial charge in [0, 0.05) is 12.7 Å². The molecule has 2 rings (SSSR count). The molecule has 0 bridgehead atoms. The summed E-state index contributed by atoms with van der Waals surface area (Å²) in [5, 5.41) is 9.57. The lowest BCUT2D eigenvalue weighted by Crippen LogP contribution is -2.15. The number of nitrogens with zero attached hydrogens (tertiary/aromatic N) is 1. The Kier molecular flexibility index (Phi) is 5.35. The van der Waals surface area contributed by atoms with Crippen LogP contribution in [0.2, 0.25) is 0 Å². The van der Waals surface area contributed by atoms with Crippen LogP contribution in [0.4, 0.5) is 5.69 Å². The second-order valence-electron chi connectivity index (χ2n) is 4.84. The van der Waals surface area contributed by atoms with Gasteiger partial charge in [0.05, 0.1) is 17.6 Å². The molecular weight excluding hydrogens is 288 g/mol. The molecule has 0 saturated carbocycles. The van der Waals surface area contributed by atoms with Gasteiger partial charge in [-0.05, 0) is 24.1 Å². The van der Waals surface area contributed by atoms with Crippen LogP contribution in [0.3, 0.4) is 0 Å². The Labute approximate surface area is 125 Å². The number of rotatable bonds is 8. The van der Waals surface area contributed by atoms with Gasteiger partial charge >= 0.3 is 0 Å². The van der Waals surface area contributed by atoms with Crippen molar-refractivity contribution >= 4 is 15.7 Å². The topological polar surface area (TPSA) is 86.9 Å². The molecule has 2 aromatic rings. The predicted octanol–water partition coefficient (Wildman–Crippen LogP) is 1.85. The van der Waals surface area contributed by atoms with Gasteiger partial charge in [-0.15, -0.1) is 0 Å². The summed E-state index contributed by atoms with van der Waals surface area (Å²) in [4.78, 5) is 0. The lowest BCUT2D eigenvalue weighted by Gasteiger charge is -2.07. The normalized spacial score (nSPS) is 11.5. The van der Waals surface area contributed by atoms with Crippen LogP contribution < -0.4 is 10.0 Å². The first-order valence-corrected chi connectivity index (χ1v) is 8.52. The molecule has 114 valence electrons. The molecule has 0 spiro atoms. The fraction of sp³-hybridized carbons (Fsp3) is 0.357. The van der Waals surface area contributed by atoms with Crippen LogP contribution in [-0.2, 0) is 22.3 Å². The van der Waals surface area contributed by atoms with Crippen LogP contribution in [0.1, 0.15) is 24.5 Å². The van der Waals surface area contributed by atoms with Crippen molar-refractivity contribution in [2.75, 3.05) is 11.3 Å². The molecule has 0 aliphatic carbocycles. The summed E-state index contributed by atoms with van der Waals surface area (Å²) in [6.07, 6.45) is 4.02. The minimum Gasteiger partial charge on any atom is -0.313 e. The molecule has 0 saturated heterocycles. The molecular formula is C14H20N4O2S. The second-order valence-corrected chi connectivity index (χ2v) is 6.56. The maximum Gasteiger partial charge on any atom is 0.237 e. The summed E-state index contributed by atoms with van der Waals surface area (Å²) in [5.74, 6) is -0.0547. The summed E-state index contributed by atoms with van der Waals surface area (Å²) in [7, 11) is -3.42. The van der Waals surface area contributed by atoms with Crippen molar-refractivity contribution in [3.8, 4) is 0 Å². The van der Waals surface area contributed by atoms with Crippen LogP contribution >= 0.6 is 0 Å². The molecule has 1 aromatic carbocycles. The molecule has 1 aromatic heterocycles. The highest BCUT2D eigenvalue weighted by molar-refractivity contribution is 7.91. The standard InChI is InChI=1S/C14H20N4O2S/c1-2-7-15-8-12-3-5-13(6-4-12)11-21(19,20)18-14-9-16-17-10-14/h3-6,9-10,15,18H,2,7-8,11H2,1H3,(H,16,17). The van der Waals surface area contributed by atoms with Crippen LogP contribution in [0.25, 0.3) is 0 Å². The maximum absolute atomic E-state index is 12.0. The van der Waals surface area contributed by atoms with E-state index in [0.29, 0.717) is 5.69 Å². The SMILES string of the molecule is CCCNCc1ccc(CS(=O)(=O)Nc2cn[nH]c2)cc1. The zero-order chi connectivity index (χ0) is 15.1. The molecule has 0 radical (unpaired) electrons. The molecule has 3 N–H and O–H groups in total. The van der Waals surface area contributed by atoms with Gasteiger partial charge in [0.2, 0.25) is 10.0 Å². The van der Waals surface area contributed by atoms with Crippen molar-refractivity contribution in [2.24, 2.45) is 0 Å². The van der Waals surface area contributed by atoms with Crippen LogP contribution in [-0.4, -0.2) is 25.2 Å². The first-order valence-electron chi connectivity index (χ1n) is 6.87. The number of H-pyrrole nitrogens is 1. The molecule has 6 nitrogen and oxygen atoms in total. The number of sulfonamides is 1. The van der Waals surface area contributed by atoms with Crippen LogP contribution in [0.15, 0.2) is 36.7 Å². The number of aromatic nitrogens is 2. The Morgan fingerprint density at radius 2 is 1.90 bits per heavy atom. The van der Waals surface area contributed by atoms with Gasteiger partial charge < -0.3 is 5.32 Å². The van der Waals surface area contributed by atoms with Gasteiger partial charge in [-0.2, -0.15) is 5.10 Å². The molecule has 7 heteroatoms. The molecule has 1 heterocycles. The third-order valence-electron chi connectivity index (χ3n) is 2.91. The van der Waals surface area contributed by atoms with Gasteiger partial charge in [0.1, 0.15) is 0 Å². The minimum atomic E-state index is -3.42. The number of aromatic amines is 1. The Bertz CT molecular complexity index is 636. The molecule has 0 atom stereocenters. The number of hydrogen-bond donors (Lipinski definition) is 3. The minimum absolute atomic E-state index is 0.0547. The average molecular weight is 308 g/mol. The van der Waals surface area contributed by atoms with Crippen LogP contribution in [0, 0.1) is 0 Å². The third-order valence-corrected chi connectivity index (χ3v) is 4.17. The van der Waals surface area contributed by atoms with E-state index in [1.54, 1.807) is 0 Å². The number of anilines is 1. The molecule has 0 aliphatic heterocycles. The lowest BCUT2D eigenvalue weighted by atomic mass is 10.1. The van der Waals surface area contributed by atoms with E-state index >= 15 is 0 Å². The zero-order valence-corrected chi connectivity index (χ0v) is 12.8. The van der Waals surface area contributed by atoms with Gasteiger partial charge in [-0.3, -0.25) is 9.82 Å². The highest BCUT2D eigenvalue weighted by atomic mass is 32.2. The molecule has 21 heavy (non-hydrogen) atoms. The van der Waals surface area contributed by atoms with Crippen molar-refractivity contribution in [2.45, 2.75) is 25.6 Å². The largest absolute Gasteiger partial charge is 0.313 e. The van der Waals surface area contributed by atoms with Crippen molar-refractivity contribution in [1.29, 1.82) is 0 Å². The van der Waals surface area contributed by atoms with Crippen molar-refractivity contribution in [3.63, 3.8) is 0 Å². The van der Waals surface area contributed by atoms with E-state index in [4.69, 9.17) is 0 Å². The number of hydrogen-bond acceptors (Lipinski definition) is 4. The summed E-state index contributed by atoms with van der Waals surface area (Å²) in [6.45, 7) is 3.90. The molecule has 0 amide bonds. The molecule has 0 aliphatic rings. The fourth-order valence-corrected chi connectivity index (χ4v) is 3.08. The predicted molar refractivity (Wildman–Crippen MR) is 83.3 cm³/mol. The summed E-state index contributed by atoms with van der Waals surface area (Å²) < 4.78 is 26.5. The average Bonchev–Trinajstić information content (AvgIpc) is 2.92. The van der Waals surface area contributed by atoms with Crippen molar-refractivity contribution in [1.82, 2.24) is 15.5 Å². The zero-order valence-electron chi connectivity index (χ0n) is 12.0. The maximum atomic E-state index is 12.0.